The molecule has 2 aromatic carbocycles. The van der Waals surface area contributed by atoms with Crippen molar-refractivity contribution in [3.05, 3.63) is 47.8 Å². The molecule has 3 fully saturated rings. The second-order valence-corrected chi connectivity index (χ2v) is 12.7. The van der Waals surface area contributed by atoms with Crippen LogP contribution in [0.25, 0.3) is 0 Å². The van der Waals surface area contributed by atoms with E-state index in [-0.39, 0.29) is 46.9 Å². The van der Waals surface area contributed by atoms with E-state index >= 15 is 0 Å². The Morgan fingerprint density at radius 3 is 2.47 bits per heavy atom. The number of amides is 2. The fraction of sp³-hybridized carbons (Fsp3) is 0.483. The molecule has 0 heterocycles. The number of alkyl halides is 3. The fourth-order valence-corrected chi connectivity index (χ4v) is 7.19. The van der Waals surface area contributed by atoms with Crippen LogP contribution in [-0.2, 0) is 20.8 Å². The van der Waals surface area contributed by atoms with E-state index in [1.54, 1.807) is 0 Å². The molecule has 0 aromatic heterocycles. The first-order chi connectivity index (χ1) is 20.3. The number of halogens is 4. The minimum Gasteiger partial charge on any atom is -0.604 e. The molecule has 0 spiro atoms. The maximum absolute atomic E-state index is 14.8. The van der Waals surface area contributed by atoms with Gasteiger partial charge in [0.1, 0.15) is 5.75 Å². The van der Waals surface area contributed by atoms with Crippen LogP contribution in [0.5, 0.6) is 11.5 Å². The first-order valence-electron chi connectivity index (χ1n) is 13.8. The minimum absolute atomic E-state index is 0.00456. The Hall–Kier alpha value is -3.52. The number of carbonyl (C=O) groups is 3. The number of anilines is 1. The van der Waals surface area contributed by atoms with Gasteiger partial charge >= 0.3 is 11.5 Å². The van der Waals surface area contributed by atoms with Crippen molar-refractivity contribution in [2.75, 3.05) is 12.4 Å². The van der Waals surface area contributed by atoms with Gasteiger partial charge in [-0.3, -0.25) is 14.4 Å². The minimum atomic E-state index is -4.95. The third-order valence-corrected chi connectivity index (χ3v) is 9.59. The molecule has 2 amide bonds. The van der Waals surface area contributed by atoms with Crippen LogP contribution in [0.4, 0.5) is 23.2 Å². The monoisotopic (exact) mass is 626 g/mol. The molecule has 43 heavy (non-hydrogen) atoms. The normalized spacial score (nSPS) is 26.7. The van der Waals surface area contributed by atoms with Crippen molar-refractivity contribution in [1.82, 2.24) is 5.32 Å². The topological polar surface area (TPSA) is 137 Å². The number of nitrogens with one attached hydrogen (secondary N) is 2. The number of fused-ring (bicyclic) bond motifs is 2. The highest BCUT2D eigenvalue weighted by molar-refractivity contribution is 7.92. The second kappa shape index (κ2) is 12.2. The zero-order valence-electron chi connectivity index (χ0n) is 23.0. The summed E-state index contributed by atoms with van der Waals surface area (Å²) in [6.07, 6.45) is 2.67. The molecule has 0 radical (unpaired) electrons. The summed E-state index contributed by atoms with van der Waals surface area (Å²) in [5.74, 6) is -3.81. The average Bonchev–Trinajstić information content (AvgIpc) is 3.53. The van der Waals surface area contributed by atoms with Gasteiger partial charge in [-0.1, -0.05) is 6.07 Å². The number of carboxylic acid groups (broad SMARTS) is 1. The Balaban J connectivity index is 1.30. The Bertz CT molecular complexity index is 1400. The van der Waals surface area contributed by atoms with Crippen molar-refractivity contribution in [2.45, 2.75) is 61.1 Å². The smallest absolute Gasteiger partial charge is 0.578 e. The first-order valence-corrected chi connectivity index (χ1v) is 15.0. The number of aliphatic carboxylic acids is 1. The van der Waals surface area contributed by atoms with E-state index < -0.39 is 63.2 Å². The summed E-state index contributed by atoms with van der Waals surface area (Å²) in [5.41, 5.74) is -4.91. The van der Waals surface area contributed by atoms with Gasteiger partial charge in [-0.15, -0.1) is 13.2 Å². The lowest BCUT2D eigenvalue weighted by atomic mass is 9.80. The van der Waals surface area contributed by atoms with Gasteiger partial charge in [0.15, 0.2) is 16.5 Å². The van der Waals surface area contributed by atoms with E-state index in [1.165, 1.54) is 25.3 Å². The number of carbonyl (C=O) groups excluding carboxylic acids is 2. The number of ether oxygens (including phenoxy) is 2. The molecule has 2 bridgehead atoms. The molecule has 9 nitrogen and oxygen atoms in total. The summed E-state index contributed by atoms with van der Waals surface area (Å²) >= 11 is -3.26. The lowest BCUT2D eigenvalue weighted by Gasteiger charge is -2.34. The number of benzene rings is 2. The van der Waals surface area contributed by atoms with Gasteiger partial charge < -0.3 is 29.8 Å². The van der Waals surface area contributed by atoms with Crippen molar-refractivity contribution in [3.63, 3.8) is 0 Å². The van der Waals surface area contributed by atoms with Crippen molar-refractivity contribution < 1.29 is 51.1 Å². The van der Waals surface area contributed by atoms with Gasteiger partial charge in [0, 0.05) is 30.3 Å². The molecule has 2 aromatic rings. The molecular formula is C29H30F4N2O7S. The van der Waals surface area contributed by atoms with Crippen LogP contribution in [-0.4, -0.2) is 52.2 Å². The summed E-state index contributed by atoms with van der Waals surface area (Å²) < 4.78 is 76.3. The third-order valence-electron chi connectivity index (χ3n) is 8.49. The highest BCUT2D eigenvalue weighted by Gasteiger charge is 2.52. The molecular weight excluding hydrogens is 596 g/mol. The van der Waals surface area contributed by atoms with Crippen LogP contribution >= 0.6 is 0 Å². The van der Waals surface area contributed by atoms with Crippen LogP contribution in [0.15, 0.2) is 41.3 Å². The van der Waals surface area contributed by atoms with Crippen molar-refractivity contribution >= 4 is 34.6 Å². The van der Waals surface area contributed by atoms with Crippen LogP contribution in [0.2, 0.25) is 0 Å². The lowest BCUT2D eigenvalue weighted by molar-refractivity contribution is -0.139. The second-order valence-electron chi connectivity index (χ2n) is 11.2. The summed E-state index contributed by atoms with van der Waals surface area (Å²) in [7, 11) is 1.28. The average molecular weight is 627 g/mol. The zero-order chi connectivity index (χ0) is 31.1. The van der Waals surface area contributed by atoms with Gasteiger partial charge in [0.2, 0.25) is 5.91 Å². The summed E-state index contributed by atoms with van der Waals surface area (Å²) in [6, 6.07) is 6.40. The maximum atomic E-state index is 14.8. The Morgan fingerprint density at radius 2 is 1.79 bits per heavy atom. The largest absolute Gasteiger partial charge is 0.604 e. The van der Waals surface area contributed by atoms with Crippen molar-refractivity contribution in [3.8, 4) is 11.5 Å². The molecule has 5 rings (SSSR count). The number of carboxylic acids is 1. The summed E-state index contributed by atoms with van der Waals surface area (Å²) in [4.78, 5) is 37.3. The van der Waals surface area contributed by atoms with Gasteiger partial charge in [-0.2, -0.15) is 0 Å². The van der Waals surface area contributed by atoms with Crippen molar-refractivity contribution in [2.24, 2.45) is 23.7 Å². The molecule has 3 aliphatic carbocycles. The van der Waals surface area contributed by atoms with Gasteiger partial charge in [0.25, 0.3) is 5.91 Å². The third kappa shape index (κ3) is 6.69. The van der Waals surface area contributed by atoms with E-state index in [0.717, 1.165) is 31.0 Å². The van der Waals surface area contributed by atoms with E-state index in [0.29, 0.717) is 19.3 Å². The molecule has 14 heteroatoms. The molecule has 1 unspecified atom stereocenters. The predicted molar refractivity (Wildman–Crippen MR) is 145 cm³/mol. The molecule has 0 aliphatic heterocycles. The fourth-order valence-electron chi connectivity index (χ4n) is 6.49. The van der Waals surface area contributed by atoms with E-state index in [9.17, 15) is 36.5 Å². The summed E-state index contributed by atoms with van der Waals surface area (Å²) in [5, 5.41) is 14.5. The van der Waals surface area contributed by atoms with E-state index in [4.69, 9.17) is 14.6 Å². The molecule has 3 aliphatic rings. The molecule has 5 atom stereocenters. The van der Waals surface area contributed by atoms with Gasteiger partial charge in [-0.05, 0) is 68.1 Å². The molecule has 3 N–H and O–H groups in total. The number of hydrogen-bond acceptors (Lipinski definition) is 6. The van der Waals surface area contributed by atoms with Crippen LogP contribution in [0.1, 0.15) is 48.9 Å². The Morgan fingerprint density at radius 1 is 1.07 bits per heavy atom. The van der Waals surface area contributed by atoms with Gasteiger partial charge in [0.05, 0.1) is 35.9 Å². The Labute approximate surface area is 247 Å². The van der Waals surface area contributed by atoms with Crippen LogP contribution < -0.4 is 20.1 Å². The molecule has 3 saturated carbocycles. The molecule has 232 valence electrons. The van der Waals surface area contributed by atoms with Crippen LogP contribution in [0, 0.1) is 29.5 Å². The van der Waals surface area contributed by atoms with E-state index in [2.05, 4.69) is 10.6 Å². The SMILES string of the molecule is COc1cc(F)c(O[C@H]2C[C@H](CC(=O)O)C2)cc1C(=O)N[C@@H]1[C@@H]2CC[C@@H](C2)[C@@H]1C(=O)Nc1cccc([S+]([O-])C(F)(F)F)c1. The zero-order valence-corrected chi connectivity index (χ0v) is 23.8. The summed E-state index contributed by atoms with van der Waals surface area (Å²) in [6.45, 7) is 0. The quantitative estimate of drug-likeness (QED) is 0.253. The van der Waals surface area contributed by atoms with Gasteiger partial charge in [-0.25, -0.2) is 4.39 Å². The Kier molecular flexibility index (Phi) is 8.80. The van der Waals surface area contributed by atoms with E-state index in [1.807, 2.05) is 0 Å². The highest BCUT2D eigenvalue weighted by atomic mass is 32.2. The maximum Gasteiger partial charge on any atom is 0.578 e. The lowest BCUT2D eigenvalue weighted by Crippen LogP contribution is -2.48. The van der Waals surface area contributed by atoms with Crippen LogP contribution in [0.3, 0.4) is 0 Å². The molecule has 0 saturated heterocycles. The van der Waals surface area contributed by atoms with Crippen molar-refractivity contribution in [1.29, 1.82) is 0 Å². The number of methoxy groups -OCH3 is 1. The predicted octanol–water partition coefficient (Wildman–Crippen LogP) is 4.88. The number of rotatable bonds is 10. The number of hydrogen-bond donors (Lipinski definition) is 3. The standard InChI is InChI=1S/C29H30F4N2O7S/c1-41-22-13-21(30)23(42-18-7-14(8-18)9-24(36)37)12-20(22)27(38)35-26-16-6-5-15(10-16)25(26)28(39)34-17-3-2-4-19(11-17)43(40)29(31,32)33/h2-4,11-16,18,25-26H,5-10H2,1H3,(H,34,39)(H,35,38)(H,36,37)/t14-,15-,16+,18-,25-,26+,43?/m0/s1. The first kappa shape index (κ1) is 30.9. The highest BCUT2D eigenvalue weighted by Crippen LogP contribution is 2.49.